The molecule has 6 heteroatoms. The van der Waals surface area contributed by atoms with Crippen LogP contribution >= 0.6 is 0 Å². The van der Waals surface area contributed by atoms with Crippen LogP contribution < -0.4 is 0 Å². The van der Waals surface area contributed by atoms with Gasteiger partial charge in [-0.25, -0.2) is 0 Å². The Balaban J connectivity index is 4.26. The summed E-state index contributed by atoms with van der Waals surface area (Å²) in [6, 6.07) is 0. The second kappa shape index (κ2) is 54.9. The molecule has 0 heterocycles. The Bertz CT molecular complexity index is 1350. The van der Waals surface area contributed by atoms with E-state index < -0.39 is 6.10 Å². The van der Waals surface area contributed by atoms with Gasteiger partial charge < -0.3 is 14.2 Å². The molecular weight excluding hydrogens is 829 g/mol. The Morgan fingerprint density at radius 3 is 0.910 bits per heavy atom. The Labute approximate surface area is 413 Å². The molecule has 0 saturated heterocycles. The summed E-state index contributed by atoms with van der Waals surface area (Å²) in [4.78, 5) is 37.8. The van der Waals surface area contributed by atoms with Crippen LogP contribution in [0.2, 0.25) is 0 Å². The maximum absolute atomic E-state index is 12.8. The number of allylic oxidation sites excluding steroid dienone is 16. The molecule has 0 amide bonds. The van der Waals surface area contributed by atoms with Crippen molar-refractivity contribution in [2.24, 2.45) is 0 Å². The first-order valence-corrected chi connectivity index (χ1v) is 27.7. The van der Waals surface area contributed by atoms with Gasteiger partial charge in [0.1, 0.15) is 13.2 Å². The van der Waals surface area contributed by atoms with Crippen molar-refractivity contribution in [2.45, 2.75) is 258 Å². The normalized spacial score (nSPS) is 12.8. The minimum absolute atomic E-state index is 0.0900. The molecule has 0 bridgehead atoms. The van der Waals surface area contributed by atoms with E-state index in [1.54, 1.807) is 0 Å². The van der Waals surface area contributed by atoms with Gasteiger partial charge in [-0.1, -0.05) is 246 Å². The van der Waals surface area contributed by atoms with E-state index >= 15 is 0 Å². The van der Waals surface area contributed by atoms with Gasteiger partial charge in [0.2, 0.25) is 0 Å². The highest BCUT2D eigenvalue weighted by molar-refractivity contribution is 5.71. The lowest BCUT2D eigenvalue weighted by atomic mass is 10.0. The smallest absolute Gasteiger partial charge is 0.306 e. The number of carbonyl (C=O) groups is 3. The van der Waals surface area contributed by atoms with Crippen molar-refractivity contribution in [3.05, 3.63) is 97.2 Å². The predicted molar refractivity (Wildman–Crippen MR) is 288 cm³/mol. The van der Waals surface area contributed by atoms with E-state index in [4.69, 9.17) is 14.2 Å². The van der Waals surface area contributed by atoms with Crippen LogP contribution in [0.3, 0.4) is 0 Å². The van der Waals surface area contributed by atoms with Crippen molar-refractivity contribution < 1.29 is 28.6 Å². The summed E-state index contributed by atoms with van der Waals surface area (Å²) in [6.07, 6.45) is 72.9. The lowest BCUT2D eigenvalue weighted by Crippen LogP contribution is -2.30. The molecule has 1 unspecified atom stereocenters. The van der Waals surface area contributed by atoms with Crippen molar-refractivity contribution in [1.29, 1.82) is 0 Å². The standard InChI is InChI=1S/C61H102O6/c1-4-7-10-13-16-18-20-22-24-26-27-28-29-30-31-32-33-34-35-36-38-39-41-43-45-48-51-54-60(63)66-57-58(56-65-59(62)53-50-47-15-12-9-6-3)67-61(64)55-52-49-46-44-42-40-37-25-23-21-19-17-14-11-8-5-2/h7,10,16,18,22,24,27-28,30-31,33-34,36,38,41,43,58H,4-6,8-9,11-15,17,19-21,23,25-26,29,32,35,37,39-40,42,44-57H2,1-3H3/b10-7-,18-16-,24-22-,28-27-,31-30-,34-33-,38-36-,43-41-. The van der Waals surface area contributed by atoms with Gasteiger partial charge in [0.25, 0.3) is 0 Å². The maximum Gasteiger partial charge on any atom is 0.306 e. The first-order chi connectivity index (χ1) is 33.0. The van der Waals surface area contributed by atoms with Crippen LogP contribution in [-0.2, 0) is 28.6 Å². The molecule has 0 N–H and O–H groups in total. The minimum Gasteiger partial charge on any atom is -0.462 e. The average Bonchev–Trinajstić information content (AvgIpc) is 3.33. The second-order valence-corrected chi connectivity index (χ2v) is 18.1. The number of hydrogen-bond acceptors (Lipinski definition) is 6. The quantitative estimate of drug-likeness (QED) is 0.0262. The molecule has 6 nitrogen and oxygen atoms in total. The number of unbranched alkanes of at least 4 members (excludes halogenated alkanes) is 22. The van der Waals surface area contributed by atoms with E-state index in [1.807, 2.05) is 0 Å². The largest absolute Gasteiger partial charge is 0.462 e. The van der Waals surface area contributed by atoms with Crippen molar-refractivity contribution in [1.82, 2.24) is 0 Å². The highest BCUT2D eigenvalue weighted by Gasteiger charge is 2.19. The molecule has 0 fully saturated rings. The number of esters is 3. The molecule has 0 radical (unpaired) electrons. The SMILES string of the molecule is CC/C=C\C/C=C\C/C=C\C/C=C\C/C=C\C/C=C\C/C=C\C/C=C\CCCCC(=O)OCC(COC(=O)CCCCCCCC)OC(=O)CCCCCCCCCCCCCCCCCC. The zero-order chi connectivity index (χ0) is 48.6. The molecule has 0 aromatic rings. The van der Waals surface area contributed by atoms with Crippen molar-refractivity contribution in [3.8, 4) is 0 Å². The molecule has 0 aromatic carbocycles. The van der Waals surface area contributed by atoms with Gasteiger partial charge in [0.15, 0.2) is 6.10 Å². The fraction of sp³-hybridized carbons (Fsp3) is 0.689. The van der Waals surface area contributed by atoms with Gasteiger partial charge in [0.05, 0.1) is 0 Å². The zero-order valence-corrected chi connectivity index (χ0v) is 43.6. The number of carbonyl (C=O) groups excluding carboxylic acids is 3. The van der Waals surface area contributed by atoms with E-state index in [-0.39, 0.29) is 31.1 Å². The molecule has 0 spiro atoms. The van der Waals surface area contributed by atoms with Gasteiger partial charge in [0, 0.05) is 19.3 Å². The fourth-order valence-electron chi connectivity index (χ4n) is 7.46. The summed E-state index contributed by atoms with van der Waals surface area (Å²) >= 11 is 0. The zero-order valence-electron chi connectivity index (χ0n) is 43.6. The minimum atomic E-state index is -0.790. The van der Waals surface area contributed by atoms with Crippen LogP contribution in [0, 0.1) is 0 Å². The lowest BCUT2D eigenvalue weighted by Gasteiger charge is -2.18. The molecule has 67 heavy (non-hydrogen) atoms. The van der Waals surface area contributed by atoms with E-state index in [0.717, 1.165) is 109 Å². The Kier molecular flexibility index (Phi) is 51.9. The second-order valence-electron chi connectivity index (χ2n) is 18.1. The van der Waals surface area contributed by atoms with Crippen LogP contribution in [0.15, 0.2) is 97.2 Å². The molecule has 382 valence electrons. The lowest BCUT2D eigenvalue weighted by molar-refractivity contribution is -0.167. The van der Waals surface area contributed by atoms with Crippen LogP contribution in [0.4, 0.5) is 0 Å². The monoisotopic (exact) mass is 931 g/mol. The molecule has 0 aliphatic rings. The van der Waals surface area contributed by atoms with E-state index in [9.17, 15) is 14.4 Å². The summed E-state index contributed by atoms with van der Waals surface area (Å²) in [5, 5.41) is 0. The molecule has 0 aromatic heterocycles. The van der Waals surface area contributed by atoms with Crippen LogP contribution in [-0.4, -0.2) is 37.2 Å². The van der Waals surface area contributed by atoms with E-state index in [1.165, 1.54) is 103 Å². The maximum atomic E-state index is 12.8. The highest BCUT2D eigenvalue weighted by Crippen LogP contribution is 2.15. The summed E-state index contributed by atoms with van der Waals surface area (Å²) in [5.41, 5.74) is 0. The number of rotatable bonds is 49. The van der Waals surface area contributed by atoms with Crippen LogP contribution in [0.5, 0.6) is 0 Å². The first kappa shape index (κ1) is 63.3. The molecular formula is C61H102O6. The van der Waals surface area contributed by atoms with Gasteiger partial charge in [-0.05, 0) is 83.5 Å². The fourth-order valence-corrected chi connectivity index (χ4v) is 7.46. The number of ether oxygens (including phenoxy) is 3. The molecule has 0 saturated carbocycles. The van der Waals surface area contributed by atoms with Crippen molar-refractivity contribution in [3.63, 3.8) is 0 Å². The third-order valence-electron chi connectivity index (χ3n) is 11.6. The predicted octanol–water partition coefficient (Wildman–Crippen LogP) is 18.5. The van der Waals surface area contributed by atoms with Crippen molar-refractivity contribution >= 4 is 17.9 Å². The van der Waals surface area contributed by atoms with Gasteiger partial charge in [-0.3, -0.25) is 14.4 Å². The van der Waals surface area contributed by atoms with Gasteiger partial charge in [-0.15, -0.1) is 0 Å². The molecule has 0 aliphatic heterocycles. The Hall–Kier alpha value is -3.67. The van der Waals surface area contributed by atoms with Crippen molar-refractivity contribution in [2.75, 3.05) is 13.2 Å². The van der Waals surface area contributed by atoms with E-state index in [2.05, 4.69) is 118 Å². The van der Waals surface area contributed by atoms with Crippen LogP contribution in [0.25, 0.3) is 0 Å². The summed E-state index contributed by atoms with van der Waals surface area (Å²) in [5.74, 6) is -0.943. The topological polar surface area (TPSA) is 78.9 Å². The van der Waals surface area contributed by atoms with Crippen LogP contribution in [0.1, 0.15) is 252 Å². The summed E-state index contributed by atoms with van der Waals surface area (Å²) < 4.78 is 16.7. The Morgan fingerprint density at radius 2 is 0.582 bits per heavy atom. The van der Waals surface area contributed by atoms with Gasteiger partial charge in [-0.2, -0.15) is 0 Å². The third kappa shape index (κ3) is 53.2. The first-order valence-electron chi connectivity index (χ1n) is 27.7. The molecule has 0 rings (SSSR count). The molecule has 1 atom stereocenters. The summed E-state index contributed by atoms with van der Waals surface area (Å²) in [6.45, 7) is 6.43. The van der Waals surface area contributed by atoms with E-state index in [0.29, 0.717) is 19.3 Å². The highest BCUT2D eigenvalue weighted by atomic mass is 16.6. The summed E-state index contributed by atoms with van der Waals surface area (Å²) in [7, 11) is 0. The Morgan fingerprint density at radius 1 is 0.313 bits per heavy atom. The average molecular weight is 931 g/mol. The third-order valence-corrected chi connectivity index (χ3v) is 11.6. The molecule has 0 aliphatic carbocycles. The number of hydrogen-bond donors (Lipinski definition) is 0. The van der Waals surface area contributed by atoms with Gasteiger partial charge >= 0.3 is 17.9 Å².